The number of amides is 1. The van der Waals surface area contributed by atoms with E-state index in [1.807, 2.05) is 37.3 Å². The van der Waals surface area contributed by atoms with Crippen LogP contribution in [0, 0.1) is 0 Å². The minimum absolute atomic E-state index is 0.0804. The number of ketones is 1. The maximum absolute atomic E-state index is 12.0. The topological polar surface area (TPSA) is 86.1 Å². The van der Waals surface area contributed by atoms with Crippen LogP contribution in [-0.4, -0.2) is 26.7 Å². The average molecular weight is 378 g/mol. The van der Waals surface area contributed by atoms with Gasteiger partial charge in [0.1, 0.15) is 18.1 Å². The molecule has 7 nitrogen and oxygen atoms in total. The van der Waals surface area contributed by atoms with Gasteiger partial charge in [-0.25, -0.2) is 0 Å². The number of nitrogens with zero attached hydrogens (tertiary/aromatic N) is 3. The van der Waals surface area contributed by atoms with E-state index in [0.29, 0.717) is 29.1 Å². The molecule has 0 radical (unpaired) electrons. The van der Waals surface area contributed by atoms with E-state index in [9.17, 15) is 9.59 Å². The van der Waals surface area contributed by atoms with Gasteiger partial charge in [0.25, 0.3) is 0 Å². The van der Waals surface area contributed by atoms with Crippen molar-refractivity contribution in [2.75, 3.05) is 5.32 Å². The van der Waals surface area contributed by atoms with Crippen molar-refractivity contribution in [1.82, 2.24) is 15.0 Å². The van der Waals surface area contributed by atoms with Crippen LogP contribution in [0.1, 0.15) is 42.7 Å². The lowest BCUT2D eigenvalue weighted by Crippen LogP contribution is -2.11. The molecule has 0 aliphatic heterocycles. The van der Waals surface area contributed by atoms with E-state index >= 15 is 0 Å². The number of Topliss-reactive ketones (excluding diaryl/α,β-unsaturated/α-hetero) is 1. The van der Waals surface area contributed by atoms with Gasteiger partial charge in [0.05, 0.1) is 17.4 Å². The highest BCUT2D eigenvalue weighted by Crippen LogP contribution is 2.24. The summed E-state index contributed by atoms with van der Waals surface area (Å²) in [6, 6.07) is 14.6. The number of aromatic nitrogens is 3. The molecule has 0 atom stereocenters. The van der Waals surface area contributed by atoms with E-state index in [-0.39, 0.29) is 18.3 Å². The Morgan fingerprint density at radius 2 is 1.93 bits per heavy atom. The molecule has 144 valence electrons. The summed E-state index contributed by atoms with van der Waals surface area (Å²) in [6.45, 7) is 3.58. The van der Waals surface area contributed by atoms with Gasteiger partial charge in [-0.05, 0) is 43.7 Å². The van der Waals surface area contributed by atoms with Crippen molar-refractivity contribution in [3.63, 3.8) is 0 Å². The summed E-state index contributed by atoms with van der Waals surface area (Å²) >= 11 is 0. The smallest absolute Gasteiger partial charge is 0.224 e. The quantitative estimate of drug-likeness (QED) is 0.603. The minimum atomic E-state index is -0.144. The second-order valence-corrected chi connectivity index (χ2v) is 6.31. The predicted molar refractivity (Wildman–Crippen MR) is 106 cm³/mol. The average Bonchev–Trinajstić information content (AvgIpc) is 3.17. The molecule has 0 aliphatic rings. The number of nitrogens with one attached hydrogen (secondary N) is 1. The van der Waals surface area contributed by atoms with Crippen LogP contribution in [0.4, 0.5) is 5.69 Å². The van der Waals surface area contributed by atoms with E-state index < -0.39 is 0 Å². The first-order chi connectivity index (χ1) is 13.6. The van der Waals surface area contributed by atoms with Crippen molar-refractivity contribution in [2.45, 2.75) is 33.3 Å². The fraction of sp³-hybridized carbons (Fsp3) is 0.238. The number of carbonyl (C=O) groups excluding carboxylic acids is 2. The van der Waals surface area contributed by atoms with Gasteiger partial charge in [0.2, 0.25) is 5.91 Å². The summed E-state index contributed by atoms with van der Waals surface area (Å²) in [6.07, 6.45) is 2.82. The maximum Gasteiger partial charge on any atom is 0.224 e. The van der Waals surface area contributed by atoms with E-state index in [1.54, 1.807) is 24.4 Å². The van der Waals surface area contributed by atoms with Crippen LogP contribution in [0.3, 0.4) is 0 Å². The van der Waals surface area contributed by atoms with Crippen LogP contribution in [0.2, 0.25) is 0 Å². The highest BCUT2D eigenvalue weighted by atomic mass is 16.5. The van der Waals surface area contributed by atoms with Crippen molar-refractivity contribution in [1.29, 1.82) is 0 Å². The molecule has 2 aromatic carbocycles. The number of rotatable bonds is 8. The molecular weight excluding hydrogens is 356 g/mol. The van der Waals surface area contributed by atoms with Gasteiger partial charge in [-0.3, -0.25) is 9.59 Å². The molecule has 0 spiro atoms. The SMILES string of the molecule is CCCC(=O)Nc1ccc(OCc2cnn(-c3ccccc3)n2)c(C(C)=O)c1. The van der Waals surface area contributed by atoms with Crippen LogP contribution in [0.5, 0.6) is 5.75 Å². The van der Waals surface area contributed by atoms with Crippen molar-refractivity contribution < 1.29 is 14.3 Å². The Hall–Kier alpha value is -3.48. The molecule has 1 N–H and O–H groups in total. The van der Waals surface area contributed by atoms with Gasteiger partial charge in [-0.2, -0.15) is 9.90 Å². The van der Waals surface area contributed by atoms with Gasteiger partial charge in [0, 0.05) is 12.1 Å². The van der Waals surface area contributed by atoms with Crippen LogP contribution in [-0.2, 0) is 11.4 Å². The second kappa shape index (κ2) is 8.94. The summed E-state index contributed by atoms with van der Waals surface area (Å²) < 4.78 is 5.79. The zero-order chi connectivity index (χ0) is 19.9. The van der Waals surface area contributed by atoms with E-state index in [4.69, 9.17) is 4.74 Å². The lowest BCUT2D eigenvalue weighted by atomic mass is 10.1. The number of hydrogen-bond acceptors (Lipinski definition) is 5. The van der Waals surface area contributed by atoms with Crippen LogP contribution < -0.4 is 10.1 Å². The van der Waals surface area contributed by atoms with Crippen LogP contribution >= 0.6 is 0 Å². The third-order valence-electron chi connectivity index (χ3n) is 4.02. The summed E-state index contributed by atoms with van der Waals surface area (Å²) in [4.78, 5) is 25.3. The molecule has 7 heteroatoms. The molecule has 3 aromatic rings. The van der Waals surface area contributed by atoms with Crippen molar-refractivity contribution in [2.24, 2.45) is 0 Å². The number of benzene rings is 2. The molecule has 0 saturated carbocycles. The summed E-state index contributed by atoms with van der Waals surface area (Å²) in [5.41, 5.74) is 2.47. The summed E-state index contributed by atoms with van der Waals surface area (Å²) in [5.74, 6) is 0.216. The van der Waals surface area contributed by atoms with Gasteiger partial charge in [-0.1, -0.05) is 25.1 Å². The highest BCUT2D eigenvalue weighted by molar-refractivity contribution is 5.99. The third kappa shape index (κ3) is 4.82. The number of ether oxygens (including phenoxy) is 1. The molecule has 3 rings (SSSR count). The molecule has 0 bridgehead atoms. The fourth-order valence-electron chi connectivity index (χ4n) is 2.66. The van der Waals surface area contributed by atoms with Gasteiger partial charge in [0.15, 0.2) is 5.78 Å². The maximum atomic E-state index is 12.0. The first-order valence-electron chi connectivity index (χ1n) is 9.11. The summed E-state index contributed by atoms with van der Waals surface area (Å²) in [7, 11) is 0. The standard InChI is InChI=1S/C21H22N4O3/c1-3-7-21(27)23-16-10-11-20(19(12-16)15(2)26)28-14-17-13-22-25(24-17)18-8-5-4-6-9-18/h4-6,8-13H,3,7,14H2,1-2H3,(H,23,27). The number of para-hydroxylation sites is 1. The normalized spacial score (nSPS) is 10.5. The molecule has 28 heavy (non-hydrogen) atoms. The Morgan fingerprint density at radius 1 is 1.14 bits per heavy atom. The first-order valence-corrected chi connectivity index (χ1v) is 9.11. The Kier molecular flexibility index (Phi) is 6.16. The Bertz CT molecular complexity index is 967. The molecule has 0 fully saturated rings. The first kappa shape index (κ1) is 19.3. The number of carbonyl (C=O) groups is 2. The molecule has 1 aromatic heterocycles. The highest BCUT2D eigenvalue weighted by Gasteiger charge is 2.12. The van der Waals surface area contributed by atoms with Crippen LogP contribution in [0.15, 0.2) is 54.7 Å². The molecular formula is C21H22N4O3. The Morgan fingerprint density at radius 3 is 2.64 bits per heavy atom. The molecule has 1 amide bonds. The molecule has 0 aliphatic carbocycles. The summed E-state index contributed by atoms with van der Waals surface area (Å²) in [5, 5.41) is 11.4. The van der Waals surface area contributed by atoms with Gasteiger partial charge >= 0.3 is 0 Å². The third-order valence-corrected chi connectivity index (χ3v) is 4.02. The lowest BCUT2D eigenvalue weighted by Gasteiger charge is -2.11. The Balaban J connectivity index is 1.71. The second-order valence-electron chi connectivity index (χ2n) is 6.31. The van der Waals surface area contributed by atoms with E-state index in [2.05, 4.69) is 15.5 Å². The van der Waals surface area contributed by atoms with Crippen molar-refractivity contribution in [3.8, 4) is 11.4 Å². The zero-order valence-electron chi connectivity index (χ0n) is 15.9. The minimum Gasteiger partial charge on any atom is -0.486 e. The number of hydrogen-bond donors (Lipinski definition) is 1. The van der Waals surface area contributed by atoms with Crippen molar-refractivity contribution in [3.05, 3.63) is 66.0 Å². The van der Waals surface area contributed by atoms with Crippen molar-refractivity contribution >= 4 is 17.4 Å². The zero-order valence-corrected chi connectivity index (χ0v) is 15.9. The monoisotopic (exact) mass is 378 g/mol. The Labute approximate surface area is 163 Å². The largest absolute Gasteiger partial charge is 0.486 e. The molecule has 0 unspecified atom stereocenters. The molecule has 1 heterocycles. The van der Waals surface area contributed by atoms with Gasteiger partial charge in [-0.15, -0.1) is 5.10 Å². The number of anilines is 1. The van der Waals surface area contributed by atoms with Crippen LogP contribution in [0.25, 0.3) is 5.69 Å². The van der Waals surface area contributed by atoms with E-state index in [0.717, 1.165) is 12.1 Å². The van der Waals surface area contributed by atoms with Gasteiger partial charge < -0.3 is 10.1 Å². The van der Waals surface area contributed by atoms with E-state index in [1.165, 1.54) is 11.7 Å². The predicted octanol–water partition coefficient (Wildman–Crippen LogP) is 3.79. The fourth-order valence-corrected chi connectivity index (χ4v) is 2.66. The molecule has 0 saturated heterocycles. The lowest BCUT2D eigenvalue weighted by molar-refractivity contribution is -0.116.